The molecule has 2 rings (SSSR count). The highest BCUT2D eigenvalue weighted by Gasteiger charge is 2.28. The molecule has 0 aliphatic carbocycles. The molecule has 21 heavy (non-hydrogen) atoms. The van der Waals surface area contributed by atoms with Crippen LogP contribution >= 0.6 is 0 Å². The summed E-state index contributed by atoms with van der Waals surface area (Å²) >= 11 is 0. The van der Waals surface area contributed by atoms with E-state index in [4.69, 9.17) is 4.74 Å². The molecule has 2 unspecified atom stereocenters. The summed E-state index contributed by atoms with van der Waals surface area (Å²) in [5, 5.41) is 9.80. The van der Waals surface area contributed by atoms with Crippen molar-refractivity contribution >= 4 is 10.0 Å². The topological polar surface area (TPSA) is 96.1 Å². The summed E-state index contributed by atoms with van der Waals surface area (Å²) in [6.07, 6.45) is 3.44. The molecular formula is C13H24N4O3S. The van der Waals surface area contributed by atoms with Gasteiger partial charge in [0.15, 0.2) is 5.03 Å². The van der Waals surface area contributed by atoms with Gasteiger partial charge in [-0.15, -0.1) is 0 Å². The minimum absolute atomic E-state index is 0.150. The second kappa shape index (κ2) is 7.35. The summed E-state index contributed by atoms with van der Waals surface area (Å²) in [7, 11) is -3.59. The Hall–Kier alpha value is -0.960. The van der Waals surface area contributed by atoms with Crippen molar-refractivity contribution in [3.63, 3.8) is 0 Å². The first kappa shape index (κ1) is 16.4. The molecule has 0 radical (unpaired) electrons. The highest BCUT2D eigenvalue weighted by molar-refractivity contribution is 7.89. The highest BCUT2D eigenvalue weighted by atomic mass is 32.2. The summed E-state index contributed by atoms with van der Waals surface area (Å²) in [5.74, 6) is 0.226. The van der Waals surface area contributed by atoms with E-state index in [1.54, 1.807) is 6.20 Å². The average molecular weight is 316 g/mol. The average Bonchev–Trinajstić information content (AvgIpc) is 3.10. The second-order valence-corrected chi connectivity index (χ2v) is 7.09. The van der Waals surface area contributed by atoms with Crippen LogP contribution in [0, 0.1) is 5.92 Å². The van der Waals surface area contributed by atoms with Crippen LogP contribution in [0.4, 0.5) is 0 Å². The molecule has 1 aromatic heterocycles. The lowest BCUT2D eigenvalue weighted by Crippen LogP contribution is -2.39. The lowest BCUT2D eigenvalue weighted by atomic mass is 10.0. The van der Waals surface area contributed by atoms with E-state index in [1.807, 2.05) is 6.92 Å². The lowest BCUT2D eigenvalue weighted by Gasteiger charge is -2.19. The van der Waals surface area contributed by atoms with E-state index in [0.29, 0.717) is 25.3 Å². The third-order valence-electron chi connectivity index (χ3n) is 3.70. The van der Waals surface area contributed by atoms with Gasteiger partial charge >= 0.3 is 0 Å². The molecule has 2 atom stereocenters. The van der Waals surface area contributed by atoms with Gasteiger partial charge in [-0.2, -0.15) is 5.10 Å². The number of hydrogen-bond donors (Lipinski definition) is 3. The van der Waals surface area contributed by atoms with Gasteiger partial charge in [-0.05, 0) is 26.3 Å². The van der Waals surface area contributed by atoms with Crippen LogP contribution < -0.4 is 10.0 Å². The van der Waals surface area contributed by atoms with Crippen LogP contribution in [-0.2, 0) is 21.3 Å². The molecule has 0 amide bonds. The molecule has 1 fully saturated rings. The van der Waals surface area contributed by atoms with Crippen LogP contribution in [0.1, 0.15) is 32.3 Å². The standard InChI is InChI=1S/C13H24N4O3S/c1-3-5-14-7-12-8-15-16-13(12)21(18,19)17-10(2)11-4-6-20-9-11/h8,10-11,14,17H,3-7,9H2,1-2H3,(H,15,16). The van der Waals surface area contributed by atoms with Gasteiger partial charge < -0.3 is 10.1 Å². The van der Waals surface area contributed by atoms with Crippen LogP contribution in [0.3, 0.4) is 0 Å². The highest BCUT2D eigenvalue weighted by Crippen LogP contribution is 2.19. The quantitative estimate of drug-likeness (QED) is 0.611. The lowest BCUT2D eigenvalue weighted by molar-refractivity contribution is 0.180. The van der Waals surface area contributed by atoms with E-state index >= 15 is 0 Å². The fraction of sp³-hybridized carbons (Fsp3) is 0.769. The first-order chi connectivity index (χ1) is 10.0. The maximum absolute atomic E-state index is 12.5. The van der Waals surface area contributed by atoms with Crippen molar-refractivity contribution in [3.8, 4) is 0 Å². The third kappa shape index (κ3) is 4.26. The predicted molar refractivity (Wildman–Crippen MR) is 79.3 cm³/mol. The molecule has 8 heteroatoms. The Morgan fingerprint density at radius 1 is 1.57 bits per heavy atom. The molecule has 3 N–H and O–H groups in total. The Balaban J connectivity index is 2.03. The SMILES string of the molecule is CCCNCc1cn[nH]c1S(=O)(=O)NC(C)C1CCOC1. The molecule has 0 bridgehead atoms. The number of ether oxygens (including phenoxy) is 1. The first-order valence-electron chi connectivity index (χ1n) is 7.37. The monoisotopic (exact) mass is 316 g/mol. The van der Waals surface area contributed by atoms with Gasteiger partial charge in [-0.25, -0.2) is 13.1 Å². The van der Waals surface area contributed by atoms with Crippen molar-refractivity contribution in [1.29, 1.82) is 0 Å². The molecule has 0 spiro atoms. The Morgan fingerprint density at radius 3 is 3.05 bits per heavy atom. The predicted octanol–water partition coefficient (Wildman–Crippen LogP) is 0.613. The van der Waals surface area contributed by atoms with Gasteiger partial charge in [0.25, 0.3) is 10.0 Å². The number of sulfonamides is 1. The number of nitrogens with one attached hydrogen (secondary N) is 3. The van der Waals surface area contributed by atoms with E-state index in [-0.39, 0.29) is 17.0 Å². The van der Waals surface area contributed by atoms with E-state index < -0.39 is 10.0 Å². The number of H-pyrrole nitrogens is 1. The Morgan fingerprint density at radius 2 is 2.38 bits per heavy atom. The zero-order valence-corrected chi connectivity index (χ0v) is 13.4. The van der Waals surface area contributed by atoms with E-state index in [1.165, 1.54) is 0 Å². The smallest absolute Gasteiger partial charge is 0.258 e. The van der Waals surface area contributed by atoms with Crippen molar-refractivity contribution in [3.05, 3.63) is 11.8 Å². The van der Waals surface area contributed by atoms with Gasteiger partial charge in [-0.1, -0.05) is 6.92 Å². The minimum atomic E-state index is -3.59. The normalized spacial score (nSPS) is 20.8. The molecule has 1 aromatic rings. The molecule has 120 valence electrons. The Kier molecular flexibility index (Phi) is 5.74. The Bertz CT molecular complexity index is 537. The second-order valence-electron chi connectivity index (χ2n) is 5.43. The zero-order chi connectivity index (χ0) is 15.3. The van der Waals surface area contributed by atoms with Gasteiger partial charge in [-0.3, -0.25) is 5.10 Å². The molecule has 0 saturated carbocycles. The fourth-order valence-corrected chi connectivity index (χ4v) is 3.85. The van der Waals surface area contributed by atoms with Crippen molar-refractivity contribution < 1.29 is 13.2 Å². The van der Waals surface area contributed by atoms with E-state index in [0.717, 1.165) is 19.4 Å². The summed E-state index contributed by atoms with van der Waals surface area (Å²) in [6.45, 7) is 6.58. The summed E-state index contributed by atoms with van der Waals surface area (Å²) in [5.41, 5.74) is 0.658. The number of nitrogens with zero attached hydrogens (tertiary/aromatic N) is 1. The maximum atomic E-state index is 12.5. The van der Waals surface area contributed by atoms with Gasteiger partial charge in [0.05, 0.1) is 12.8 Å². The molecule has 2 heterocycles. The molecule has 1 saturated heterocycles. The number of aromatic amines is 1. The van der Waals surface area contributed by atoms with Crippen molar-refractivity contribution in [2.75, 3.05) is 19.8 Å². The zero-order valence-electron chi connectivity index (χ0n) is 12.6. The van der Waals surface area contributed by atoms with Crippen LogP contribution in [0.15, 0.2) is 11.2 Å². The molecule has 1 aliphatic heterocycles. The molecule has 7 nitrogen and oxygen atoms in total. The molecule has 0 aromatic carbocycles. The van der Waals surface area contributed by atoms with Crippen LogP contribution in [-0.4, -0.2) is 44.4 Å². The summed E-state index contributed by atoms with van der Waals surface area (Å²) in [6, 6.07) is -0.155. The Labute approximate surface area is 125 Å². The third-order valence-corrected chi connectivity index (χ3v) is 5.28. The van der Waals surface area contributed by atoms with Crippen LogP contribution in [0.2, 0.25) is 0 Å². The van der Waals surface area contributed by atoms with E-state index in [9.17, 15) is 8.42 Å². The van der Waals surface area contributed by atoms with Crippen molar-refractivity contribution in [2.24, 2.45) is 5.92 Å². The van der Waals surface area contributed by atoms with Crippen molar-refractivity contribution in [2.45, 2.75) is 44.3 Å². The first-order valence-corrected chi connectivity index (χ1v) is 8.86. The summed E-state index contributed by atoms with van der Waals surface area (Å²) in [4.78, 5) is 0. The number of aromatic nitrogens is 2. The van der Waals surface area contributed by atoms with E-state index in [2.05, 4.69) is 27.2 Å². The van der Waals surface area contributed by atoms with Gasteiger partial charge in [0.2, 0.25) is 0 Å². The molecule has 1 aliphatic rings. The van der Waals surface area contributed by atoms with Crippen LogP contribution in [0.25, 0.3) is 0 Å². The number of hydrogen-bond acceptors (Lipinski definition) is 5. The van der Waals surface area contributed by atoms with Crippen molar-refractivity contribution in [1.82, 2.24) is 20.2 Å². The minimum Gasteiger partial charge on any atom is -0.381 e. The summed E-state index contributed by atoms with van der Waals surface area (Å²) < 4.78 is 33.0. The maximum Gasteiger partial charge on any atom is 0.258 e. The van der Waals surface area contributed by atoms with Gasteiger partial charge in [0.1, 0.15) is 0 Å². The molecular weight excluding hydrogens is 292 g/mol. The van der Waals surface area contributed by atoms with Crippen LogP contribution in [0.5, 0.6) is 0 Å². The largest absolute Gasteiger partial charge is 0.381 e. The van der Waals surface area contributed by atoms with Gasteiger partial charge in [0, 0.05) is 30.7 Å². The number of rotatable bonds is 8. The fourth-order valence-electron chi connectivity index (χ4n) is 2.40.